The summed E-state index contributed by atoms with van der Waals surface area (Å²) in [7, 11) is -4.98. The zero-order valence-corrected chi connectivity index (χ0v) is 23.2. The van der Waals surface area contributed by atoms with Crippen molar-refractivity contribution >= 4 is 25.0 Å². The standard InChI is InChI=1S/C20H48O5Si3/c1-20(2,3)28(8,9)24-17-16-23-14-11-19-27(6,7)25-26(4,5)18-10-13-22-15-12-21/h21H,10-19H2,1-9H3. The molecule has 0 unspecified atom stereocenters. The van der Waals surface area contributed by atoms with Crippen LogP contribution in [0.25, 0.3) is 0 Å². The van der Waals surface area contributed by atoms with E-state index >= 15 is 0 Å². The summed E-state index contributed by atoms with van der Waals surface area (Å²) in [6.07, 6.45) is 2.07. The number of hydrogen-bond acceptors (Lipinski definition) is 5. The second-order valence-corrected chi connectivity index (χ2v) is 24.1. The fraction of sp³-hybridized carbons (Fsp3) is 1.00. The molecule has 28 heavy (non-hydrogen) atoms. The number of ether oxygens (including phenoxy) is 2. The van der Waals surface area contributed by atoms with Gasteiger partial charge >= 0.3 is 0 Å². The molecule has 0 aromatic carbocycles. The normalized spacial score (nSPS) is 13.9. The van der Waals surface area contributed by atoms with Crippen molar-refractivity contribution < 1.29 is 23.1 Å². The van der Waals surface area contributed by atoms with E-state index in [1.54, 1.807) is 0 Å². The first kappa shape index (κ1) is 28.5. The lowest BCUT2D eigenvalue weighted by atomic mass is 10.2. The van der Waals surface area contributed by atoms with Gasteiger partial charge in [0.2, 0.25) is 0 Å². The molecule has 0 bridgehead atoms. The van der Waals surface area contributed by atoms with Crippen molar-refractivity contribution in [1.29, 1.82) is 0 Å². The van der Waals surface area contributed by atoms with Gasteiger partial charge in [0.1, 0.15) is 0 Å². The van der Waals surface area contributed by atoms with Crippen molar-refractivity contribution in [3.63, 3.8) is 0 Å². The largest absolute Gasteiger partial charge is 0.455 e. The molecule has 5 nitrogen and oxygen atoms in total. The predicted octanol–water partition coefficient (Wildman–Crippen LogP) is 5.24. The Bertz CT molecular complexity index is 409. The molecule has 0 aromatic heterocycles. The first-order valence-corrected chi connectivity index (χ1v) is 20.0. The second-order valence-electron chi connectivity index (χ2n) is 10.4. The second kappa shape index (κ2) is 13.0. The van der Waals surface area contributed by atoms with Crippen LogP contribution in [-0.2, 0) is 18.0 Å². The van der Waals surface area contributed by atoms with Crippen LogP contribution in [0.5, 0.6) is 0 Å². The SMILES string of the molecule is CC(C)(C)[Si](C)(C)OCCOCCC[Si](C)(C)O[Si](C)(C)CCCOCCO. The van der Waals surface area contributed by atoms with Crippen LogP contribution in [-0.4, -0.2) is 69.7 Å². The Morgan fingerprint density at radius 1 is 0.679 bits per heavy atom. The zero-order chi connectivity index (χ0) is 21.9. The van der Waals surface area contributed by atoms with Crippen molar-refractivity contribution in [1.82, 2.24) is 0 Å². The van der Waals surface area contributed by atoms with Gasteiger partial charge in [-0.15, -0.1) is 0 Å². The van der Waals surface area contributed by atoms with Crippen molar-refractivity contribution in [2.75, 3.05) is 39.6 Å². The first-order valence-electron chi connectivity index (χ1n) is 10.8. The van der Waals surface area contributed by atoms with Crippen LogP contribution in [0.1, 0.15) is 33.6 Å². The minimum atomic E-state index is -1.66. The van der Waals surface area contributed by atoms with Gasteiger partial charge in [-0.1, -0.05) is 20.8 Å². The lowest BCUT2D eigenvalue weighted by Gasteiger charge is -2.36. The number of aliphatic hydroxyl groups is 1. The van der Waals surface area contributed by atoms with E-state index in [1.807, 2.05) is 0 Å². The van der Waals surface area contributed by atoms with Crippen LogP contribution in [0.15, 0.2) is 0 Å². The minimum Gasteiger partial charge on any atom is -0.455 e. The third-order valence-electron chi connectivity index (χ3n) is 5.42. The molecule has 0 spiro atoms. The molecule has 0 radical (unpaired) electrons. The molecule has 0 aromatic rings. The highest BCUT2D eigenvalue weighted by Gasteiger charge is 2.37. The molecule has 170 valence electrons. The Morgan fingerprint density at radius 2 is 1.14 bits per heavy atom. The van der Waals surface area contributed by atoms with Crippen LogP contribution >= 0.6 is 0 Å². The monoisotopic (exact) mass is 452 g/mol. The maximum absolute atomic E-state index is 8.75. The smallest absolute Gasteiger partial charge is 0.192 e. The van der Waals surface area contributed by atoms with E-state index in [4.69, 9.17) is 23.1 Å². The summed E-state index contributed by atoms with van der Waals surface area (Å²) in [5.74, 6) is 0. The van der Waals surface area contributed by atoms with Gasteiger partial charge in [-0.05, 0) is 69.3 Å². The van der Waals surface area contributed by atoms with E-state index < -0.39 is 25.0 Å². The average Bonchev–Trinajstić information content (AvgIpc) is 2.51. The Morgan fingerprint density at radius 3 is 1.57 bits per heavy atom. The maximum Gasteiger partial charge on any atom is 0.192 e. The summed E-state index contributed by atoms with van der Waals surface area (Å²) in [6.45, 7) is 24.0. The lowest BCUT2D eigenvalue weighted by molar-refractivity contribution is 0.0923. The average molecular weight is 453 g/mol. The van der Waals surface area contributed by atoms with Gasteiger partial charge in [0, 0.05) is 13.2 Å². The molecule has 0 saturated heterocycles. The molecule has 0 rings (SSSR count). The molecule has 0 atom stereocenters. The van der Waals surface area contributed by atoms with Crippen LogP contribution in [0.4, 0.5) is 0 Å². The summed E-state index contributed by atoms with van der Waals surface area (Å²) < 4.78 is 24.0. The molecule has 0 amide bonds. The molecule has 0 aliphatic rings. The summed E-state index contributed by atoms with van der Waals surface area (Å²) in [4.78, 5) is 0. The quantitative estimate of drug-likeness (QED) is 0.256. The summed E-state index contributed by atoms with van der Waals surface area (Å²) in [5.41, 5.74) is 0. The number of rotatable bonds is 16. The van der Waals surface area contributed by atoms with Gasteiger partial charge in [-0.25, -0.2) is 0 Å². The van der Waals surface area contributed by atoms with Crippen LogP contribution < -0.4 is 0 Å². The molecular weight excluding hydrogens is 404 g/mol. The molecule has 1 N–H and O–H groups in total. The molecule has 0 aliphatic carbocycles. The van der Waals surface area contributed by atoms with Gasteiger partial charge in [-0.2, -0.15) is 0 Å². The van der Waals surface area contributed by atoms with E-state index in [-0.39, 0.29) is 11.6 Å². The third-order valence-corrected chi connectivity index (χ3v) is 17.5. The fourth-order valence-corrected chi connectivity index (χ4v) is 12.7. The van der Waals surface area contributed by atoms with Gasteiger partial charge in [0.15, 0.2) is 25.0 Å². The highest BCUT2D eigenvalue weighted by molar-refractivity contribution is 6.84. The van der Waals surface area contributed by atoms with E-state index in [2.05, 4.69) is 60.1 Å². The number of hydrogen-bond donors (Lipinski definition) is 1. The highest BCUT2D eigenvalue weighted by atomic mass is 28.4. The summed E-state index contributed by atoms with van der Waals surface area (Å²) in [5, 5.41) is 9.00. The van der Waals surface area contributed by atoms with Crippen molar-refractivity contribution in [2.24, 2.45) is 0 Å². The van der Waals surface area contributed by atoms with Crippen molar-refractivity contribution in [3.05, 3.63) is 0 Å². The van der Waals surface area contributed by atoms with Crippen LogP contribution in [0.3, 0.4) is 0 Å². The minimum absolute atomic E-state index is 0.0990. The summed E-state index contributed by atoms with van der Waals surface area (Å²) in [6, 6.07) is 2.24. The van der Waals surface area contributed by atoms with Gasteiger partial charge in [0.25, 0.3) is 0 Å². The van der Waals surface area contributed by atoms with E-state index in [0.29, 0.717) is 26.4 Å². The maximum atomic E-state index is 8.75. The Balaban J connectivity index is 3.95. The molecule has 0 fully saturated rings. The van der Waals surface area contributed by atoms with Crippen molar-refractivity contribution in [2.45, 2.75) is 90.0 Å². The Hall–Kier alpha value is 0.451. The van der Waals surface area contributed by atoms with Crippen molar-refractivity contribution in [3.8, 4) is 0 Å². The zero-order valence-electron chi connectivity index (χ0n) is 20.2. The van der Waals surface area contributed by atoms with Gasteiger partial charge < -0.3 is 23.1 Å². The Kier molecular flexibility index (Phi) is 13.2. The van der Waals surface area contributed by atoms with Crippen LogP contribution in [0.2, 0.25) is 56.4 Å². The molecule has 0 aliphatic heterocycles. The molecular formula is C20H48O5Si3. The Labute approximate surface area is 177 Å². The van der Waals surface area contributed by atoms with E-state index in [9.17, 15) is 0 Å². The molecule has 0 saturated carbocycles. The topological polar surface area (TPSA) is 57.2 Å². The van der Waals surface area contributed by atoms with Gasteiger partial charge in [-0.3, -0.25) is 0 Å². The summed E-state index contributed by atoms with van der Waals surface area (Å²) >= 11 is 0. The van der Waals surface area contributed by atoms with E-state index in [1.165, 1.54) is 0 Å². The first-order chi connectivity index (χ1) is 12.7. The number of aliphatic hydroxyl groups excluding tert-OH is 1. The third kappa shape index (κ3) is 13.6. The molecule has 0 heterocycles. The van der Waals surface area contributed by atoms with E-state index in [0.717, 1.165) is 31.5 Å². The molecule has 8 heteroatoms. The lowest BCUT2D eigenvalue weighted by Crippen LogP contribution is -2.44. The predicted molar refractivity (Wildman–Crippen MR) is 127 cm³/mol. The van der Waals surface area contributed by atoms with Crippen LogP contribution in [0, 0.1) is 0 Å². The van der Waals surface area contributed by atoms with Gasteiger partial charge in [0.05, 0.1) is 26.4 Å². The highest BCUT2D eigenvalue weighted by Crippen LogP contribution is 2.36. The fourth-order valence-electron chi connectivity index (χ4n) is 2.89.